The minimum Gasteiger partial charge on any atom is -1.00 e. The van der Waals surface area contributed by atoms with Gasteiger partial charge in [-0.3, -0.25) is 24.0 Å². The van der Waals surface area contributed by atoms with Crippen LogP contribution in [-0.4, -0.2) is 129 Å². The lowest BCUT2D eigenvalue weighted by Crippen LogP contribution is -3.10. The molecule has 19 heteroatoms. The molecule has 0 radical (unpaired) electrons. The monoisotopic (exact) mass is 1540 g/mol. The summed E-state index contributed by atoms with van der Waals surface area (Å²) in [5.41, 5.74) is 6.34. The zero-order valence-corrected chi connectivity index (χ0v) is 67.9. The summed E-state index contributed by atoms with van der Waals surface area (Å²) in [6.07, 6.45) is 18.6. The number of carboxylic acid groups (broad SMARTS) is 1. The van der Waals surface area contributed by atoms with Gasteiger partial charge in [-0.2, -0.15) is 0 Å². The second kappa shape index (κ2) is 40.6. The lowest BCUT2D eigenvalue weighted by molar-refractivity contribution is -0.885. The molecule has 0 unspecified atom stereocenters. The zero-order chi connectivity index (χ0) is 75.5. The fraction of sp³-hybridized carbons (Fsp3) is 0.517. The van der Waals surface area contributed by atoms with Gasteiger partial charge in [-0.05, 0) is 199 Å². The van der Waals surface area contributed by atoms with Crippen molar-refractivity contribution < 1.29 is 60.7 Å². The van der Waals surface area contributed by atoms with Crippen molar-refractivity contribution in [3.8, 4) is 31.3 Å². The number of benzene rings is 4. The summed E-state index contributed by atoms with van der Waals surface area (Å²) in [4.78, 5) is 109. The van der Waals surface area contributed by atoms with E-state index in [1.54, 1.807) is 16.2 Å². The largest absolute Gasteiger partial charge is 1.00 e. The molecule has 580 valence electrons. The fourth-order valence-electron chi connectivity index (χ4n) is 16.4. The van der Waals surface area contributed by atoms with Crippen LogP contribution in [0.5, 0.6) is 0 Å². The first-order valence-electron chi connectivity index (χ1n) is 40.1. The Kier molecular flexibility index (Phi) is 31.2. The third-order valence-corrected chi connectivity index (χ3v) is 27.2. The molecule has 15 nitrogen and oxygen atoms in total. The van der Waals surface area contributed by atoms with Crippen molar-refractivity contribution in [2.45, 2.75) is 170 Å². The first kappa shape index (κ1) is 83.2. The van der Waals surface area contributed by atoms with Crippen LogP contribution in [0.15, 0.2) is 140 Å². The summed E-state index contributed by atoms with van der Waals surface area (Å²) < 4.78 is 5.56. The van der Waals surface area contributed by atoms with Gasteiger partial charge in [0.15, 0.2) is 11.6 Å². The van der Waals surface area contributed by atoms with Crippen molar-refractivity contribution in [1.82, 2.24) is 9.80 Å². The highest BCUT2D eigenvalue weighted by molar-refractivity contribution is 7.18. The van der Waals surface area contributed by atoms with Crippen LogP contribution in [-0.2, 0) is 25.7 Å². The van der Waals surface area contributed by atoms with Gasteiger partial charge in [-0.15, -0.1) is 34.0 Å². The van der Waals surface area contributed by atoms with E-state index >= 15 is 0 Å². The Morgan fingerprint density at radius 3 is 1.10 bits per heavy atom. The van der Waals surface area contributed by atoms with Crippen molar-refractivity contribution in [3.05, 3.63) is 160 Å². The molecule has 3 aromatic heterocycles. The number of aromatic carboxylic acids is 1. The van der Waals surface area contributed by atoms with Gasteiger partial charge in [-0.1, -0.05) is 156 Å². The number of nitrogens with one attached hydrogen (secondary N) is 1. The number of amides is 4. The van der Waals surface area contributed by atoms with E-state index in [9.17, 15) is 38.7 Å². The number of hydrogen-bond acceptors (Lipinski definition) is 12. The van der Waals surface area contributed by atoms with E-state index in [1.165, 1.54) is 27.6 Å². The van der Waals surface area contributed by atoms with Gasteiger partial charge in [0.25, 0.3) is 0 Å². The molecule has 3 saturated carbocycles. The molecule has 4 amide bonds. The quantitative estimate of drug-likeness (QED) is 0.0623. The second-order valence-corrected chi connectivity index (χ2v) is 34.9. The third kappa shape index (κ3) is 22.3. The molecule has 0 spiro atoms. The molecule has 6 aliphatic rings. The van der Waals surface area contributed by atoms with E-state index in [0.717, 1.165) is 201 Å². The number of anilines is 3. The van der Waals surface area contributed by atoms with E-state index in [1.807, 2.05) is 132 Å². The standard InChI is InChI=1S/C35H42N2O4S.C28H38N2O2S.C26H34N2O3S.ClH/c1-3-31(38)33-30(22-32(42-33)28-12-8-5-9-13-28)37(34(39)29-16-14-25(2)15-17-29)23-26-18-20-36(21-19-26)35(40)41-24-27-10-6-4-7-11-27;1-4-25(31)27-24(18-26(33-27)22-8-6-5-7-9-22)30(19-21-14-16-29(3)17-15-21)28(32)23-12-10-20(2)11-13-23;1-18-8-10-21(11-9-18)25(29)28(17-19-12-14-27(2)15-13-19)22-16-23(32-24(22)26(30)31)20-6-4-3-5-7-20;/h4-13,22,25-26,29H,3,14-21,23-24H2,1-2H3;5-9,18,20-21,23H,4,10-17,19H2,1-3H3;3-7,16,18-19,21H,8-15,17H2,1-2H3,(H,30,31);1H. The summed E-state index contributed by atoms with van der Waals surface area (Å²) in [5, 5.41) is 10.0. The Morgan fingerprint density at radius 1 is 0.444 bits per heavy atom. The normalized spacial score (nSPS) is 22.0. The van der Waals surface area contributed by atoms with Gasteiger partial charge in [0.1, 0.15) is 11.5 Å². The molecule has 3 aliphatic heterocycles. The Morgan fingerprint density at radius 2 is 0.759 bits per heavy atom. The van der Waals surface area contributed by atoms with Gasteiger partial charge in [0.05, 0.1) is 47.0 Å². The van der Waals surface area contributed by atoms with Crippen LogP contribution >= 0.6 is 34.0 Å². The van der Waals surface area contributed by atoms with Crippen molar-refractivity contribution >= 4 is 92.4 Å². The van der Waals surface area contributed by atoms with Gasteiger partial charge < -0.3 is 51.6 Å². The smallest absolute Gasteiger partial charge is 0.410 e. The molecule has 3 saturated heterocycles. The number of quaternary nitrogens is 1. The van der Waals surface area contributed by atoms with Gasteiger partial charge >= 0.3 is 12.1 Å². The van der Waals surface area contributed by atoms with Crippen molar-refractivity contribution in [3.63, 3.8) is 0 Å². The average Bonchev–Trinajstić information content (AvgIpc) is 1.63. The number of carbonyl (C=O) groups excluding carboxylic acids is 6. The van der Waals surface area contributed by atoms with Crippen LogP contribution in [0, 0.1) is 53.3 Å². The Bertz CT molecular complexity index is 4030. The molecule has 7 aromatic rings. The predicted octanol–water partition coefficient (Wildman–Crippen LogP) is 15.9. The maximum absolute atomic E-state index is 14.2. The van der Waals surface area contributed by atoms with Crippen molar-refractivity contribution in [2.24, 2.45) is 53.3 Å². The minimum atomic E-state index is -0.949. The van der Waals surface area contributed by atoms with Crippen LogP contribution in [0.4, 0.5) is 21.9 Å². The molecule has 6 fully saturated rings. The number of carbonyl (C=O) groups is 7. The van der Waals surface area contributed by atoms with E-state index < -0.39 is 5.97 Å². The lowest BCUT2D eigenvalue weighted by Gasteiger charge is -2.36. The van der Waals surface area contributed by atoms with Crippen molar-refractivity contribution in [2.75, 3.05) is 87.7 Å². The Hall–Kier alpha value is -7.32. The van der Waals surface area contributed by atoms with Crippen LogP contribution in [0.25, 0.3) is 31.3 Å². The fourth-order valence-corrected chi connectivity index (χ4v) is 19.8. The molecular formula is C89H115ClN6O9S3. The number of likely N-dealkylation sites (tertiary alicyclic amines) is 3. The summed E-state index contributed by atoms with van der Waals surface area (Å²) in [5.74, 6) is 3.01. The Balaban J connectivity index is 0.000000174. The number of thiophene rings is 3. The SMILES string of the molecule is CC1CCC(C(=O)N(CC2CC[NH+](C)CC2)c2cc(-c3ccccc3)sc2C(=O)O)CC1.CCC(=O)c1sc(-c2ccccc2)cc1N(CC1CCN(C(=O)OCc2ccccc2)CC1)C(=O)C1CCC(C)CC1.CCC(=O)c1sc(-c2ccccc2)cc1N(CC1CCN(C)CC1)C(=O)C1CCC(C)CC1.[Cl-]. The summed E-state index contributed by atoms with van der Waals surface area (Å²) >= 11 is 4.32. The minimum absolute atomic E-state index is 0. The molecule has 4 aromatic carbocycles. The van der Waals surface area contributed by atoms with Crippen LogP contribution < -0.4 is 32.0 Å². The summed E-state index contributed by atoms with van der Waals surface area (Å²) in [6.45, 7) is 18.4. The number of ether oxygens (including phenoxy) is 1. The first-order valence-corrected chi connectivity index (χ1v) is 42.5. The number of carboxylic acids is 1. The van der Waals surface area contributed by atoms with Crippen LogP contribution in [0.3, 0.4) is 0 Å². The first-order chi connectivity index (χ1) is 51.8. The molecule has 13 rings (SSSR count). The highest BCUT2D eigenvalue weighted by Gasteiger charge is 2.39. The summed E-state index contributed by atoms with van der Waals surface area (Å²) in [7, 11) is 4.39. The zero-order valence-electron chi connectivity index (χ0n) is 64.7. The number of hydrogen-bond donors (Lipinski definition) is 2. The number of piperidine rings is 3. The number of rotatable bonds is 22. The highest BCUT2D eigenvalue weighted by Crippen LogP contribution is 2.45. The van der Waals surface area contributed by atoms with E-state index in [4.69, 9.17) is 4.74 Å². The molecular weight excluding hydrogens is 1430 g/mol. The second-order valence-electron chi connectivity index (χ2n) is 31.8. The molecule has 6 heterocycles. The number of Topliss-reactive ketones (excluding diaryl/α,β-unsaturated/α-hetero) is 2. The van der Waals surface area contributed by atoms with Gasteiger partial charge in [0, 0.05) is 90.8 Å². The van der Waals surface area contributed by atoms with E-state index in [2.05, 4.69) is 76.2 Å². The third-order valence-electron chi connectivity index (χ3n) is 23.6. The number of ketones is 2. The van der Waals surface area contributed by atoms with Gasteiger partial charge in [-0.25, -0.2) is 9.59 Å². The highest BCUT2D eigenvalue weighted by atomic mass is 35.5. The average molecular weight is 1540 g/mol. The molecule has 3 aliphatic carbocycles. The van der Waals surface area contributed by atoms with Crippen molar-refractivity contribution in [1.29, 1.82) is 0 Å². The topological polar surface area (TPSA) is 170 Å². The summed E-state index contributed by atoms with van der Waals surface area (Å²) in [6, 6.07) is 46.0. The van der Waals surface area contributed by atoms with E-state index in [0.29, 0.717) is 79.2 Å². The molecule has 0 bridgehead atoms. The molecule has 108 heavy (non-hydrogen) atoms. The maximum atomic E-state index is 14.2. The van der Waals surface area contributed by atoms with E-state index in [-0.39, 0.29) is 82.9 Å². The lowest BCUT2D eigenvalue weighted by atomic mass is 9.82. The molecule has 0 atom stereocenters. The van der Waals surface area contributed by atoms with Gasteiger partial charge in [0.2, 0.25) is 17.7 Å². The number of halogens is 1. The number of nitrogens with zero attached hydrogens (tertiary/aromatic N) is 5. The Labute approximate surface area is 660 Å². The molecule has 2 N–H and O–H groups in total. The predicted molar refractivity (Wildman–Crippen MR) is 436 cm³/mol. The maximum Gasteiger partial charge on any atom is 0.410 e. The van der Waals surface area contributed by atoms with Crippen LogP contribution in [0.2, 0.25) is 0 Å². The van der Waals surface area contributed by atoms with Crippen LogP contribution in [0.1, 0.15) is 198 Å².